The van der Waals surface area contributed by atoms with Crippen molar-refractivity contribution in [2.75, 3.05) is 5.75 Å². The summed E-state index contributed by atoms with van der Waals surface area (Å²) in [4.78, 5) is 5.20. The summed E-state index contributed by atoms with van der Waals surface area (Å²) in [5.74, 6) is 0.920. The Hall–Kier alpha value is -1.39. The molecule has 0 amide bonds. The lowest BCUT2D eigenvalue weighted by Crippen LogP contribution is -2.24. The van der Waals surface area contributed by atoms with E-state index in [0.717, 1.165) is 24.3 Å². The van der Waals surface area contributed by atoms with Crippen LogP contribution in [0.15, 0.2) is 47.6 Å². The average Bonchev–Trinajstić information content (AvgIpc) is 2.46. The van der Waals surface area contributed by atoms with E-state index in [4.69, 9.17) is 0 Å². The van der Waals surface area contributed by atoms with Gasteiger partial charge in [-0.1, -0.05) is 0 Å². The normalized spacial score (nSPS) is 18.1. The summed E-state index contributed by atoms with van der Waals surface area (Å²) in [6.45, 7) is 0.786. The van der Waals surface area contributed by atoms with Crippen molar-refractivity contribution in [3.8, 4) is 0 Å². The first-order valence-corrected chi connectivity index (χ1v) is 7.36. The number of hydrogen-bond donors (Lipinski definition) is 1. The van der Waals surface area contributed by atoms with E-state index >= 15 is 0 Å². The standard InChI is InChI=1S/C15H15FN2S/c16-12-1-2-15-13(9-12)14(5-8-19-15)18-10-11-3-6-17-7-4-11/h1-4,6-7,9,14,18H,5,8,10H2. The minimum atomic E-state index is -0.156. The third kappa shape index (κ3) is 2.96. The summed E-state index contributed by atoms with van der Waals surface area (Å²) in [6, 6.07) is 9.31. The van der Waals surface area contributed by atoms with Gasteiger partial charge in [-0.05, 0) is 53.6 Å². The highest BCUT2D eigenvalue weighted by Crippen LogP contribution is 2.36. The van der Waals surface area contributed by atoms with Crippen LogP contribution in [0.3, 0.4) is 0 Å². The van der Waals surface area contributed by atoms with Crippen LogP contribution >= 0.6 is 11.8 Å². The van der Waals surface area contributed by atoms with Crippen LogP contribution in [0.25, 0.3) is 0 Å². The van der Waals surface area contributed by atoms with Gasteiger partial charge in [0, 0.05) is 29.9 Å². The molecule has 2 aromatic rings. The number of hydrogen-bond acceptors (Lipinski definition) is 3. The first kappa shape index (κ1) is 12.6. The Morgan fingerprint density at radius 3 is 2.95 bits per heavy atom. The highest BCUT2D eigenvalue weighted by Gasteiger charge is 2.20. The van der Waals surface area contributed by atoms with Gasteiger partial charge in [-0.25, -0.2) is 4.39 Å². The smallest absolute Gasteiger partial charge is 0.123 e. The molecule has 0 aliphatic carbocycles. The third-order valence-corrected chi connectivity index (χ3v) is 4.44. The SMILES string of the molecule is Fc1ccc2c(c1)C(NCc1ccncc1)CCS2. The second-order valence-electron chi connectivity index (χ2n) is 4.61. The number of thioether (sulfide) groups is 1. The van der Waals surface area contributed by atoms with Crippen LogP contribution in [-0.4, -0.2) is 10.7 Å². The Bertz CT molecular complexity index is 559. The van der Waals surface area contributed by atoms with Crippen LogP contribution in [0.1, 0.15) is 23.6 Å². The van der Waals surface area contributed by atoms with Crippen LogP contribution in [0.5, 0.6) is 0 Å². The first-order valence-electron chi connectivity index (χ1n) is 6.37. The van der Waals surface area contributed by atoms with E-state index in [1.54, 1.807) is 30.2 Å². The molecule has 1 N–H and O–H groups in total. The van der Waals surface area contributed by atoms with Crippen LogP contribution in [0.2, 0.25) is 0 Å². The van der Waals surface area contributed by atoms with Gasteiger partial charge in [0.05, 0.1) is 0 Å². The predicted octanol–water partition coefficient (Wildman–Crippen LogP) is 3.55. The Labute approximate surface area is 116 Å². The monoisotopic (exact) mass is 274 g/mol. The molecule has 0 saturated carbocycles. The molecule has 1 aromatic carbocycles. The van der Waals surface area contributed by atoms with Crippen LogP contribution < -0.4 is 5.32 Å². The summed E-state index contributed by atoms with van der Waals surface area (Å²) < 4.78 is 13.4. The van der Waals surface area contributed by atoms with Crippen molar-refractivity contribution < 1.29 is 4.39 Å². The molecule has 19 heavy (non-hydrogen) atoms. The zero-order chi connectivity index (χ0) is 13.1. The molecular formula is C15H15FN2S. The lowest BCUT2D eigenvalue weighted by Gasteiger charge is -2.26. The fraction of sp³-hybridized carbons (Fsp3) is 0.267. The Morgan fingerprint density at radius 1 is 1.26 bits per heavy atom. The minimum Gasteiger partial charge on any atom is -0.306 e. The topological polar surface area (TPSA) is 24.9 Å². The van der Waals surface area contributed by atoms with E-state index < -0.39 is 0 Å². The minimum absolute atomic E-state index is 0.156. The van der Waals surface area contributed by atoms with Gasteiger partial charge in [0.25, 0.3) is 0 Å². The maximum Gasteiger partial charge on any atom is 0.123 e. The number of nitrogens with one attached hydrogen (secondary N) is 1. The quantitative estimate of drug-likeness (QED) is 0.926. The number of pyridine rings is 1. The zero-order valence-electron chi connectivity index (χ0n) is 10.5. The summed E-state index contributed by atoms with van der Waals surface area (Å²) >= 11 is 1.81. The Morgan fingerprint density at radius 2 is 2.11 bits per heavy atom. The van der Waals surface area contributed by atoms with Crippen LogP contribution in [0, 0.1) is 5.82 Å². The van der Waals surface area contributed by atoms with Gasteiger partial charge < -0.3 is 5.32 Å². The second-order valence-corrected chi connectivity index (χ2v) is 5.74. The highest BCUT2D eigenvalue weighted by molar-refractivity contribution is 7.99. The fourth-order valence-corrected chi connectivity index (χ4v) is 3.42. The molecular weight excluding hydrogens is 259 g/mol. The van der Waals surface area contributed by atoms with Crippen molar-refractivity contribution in [2.24, 2.45) is 0 Å². The molecule has 0 bridgehead atoms. The molecule has 4 heteroatoms. The summed E-state index contributed by atoms with van der Waals surface area (Å²) in [7, 11) is 0. The average molecular weight is 274 g/mol. The molecule has 1 aliphatic heterocycles. The molecule has 1 aliphatic rings. The molecule has 0 radical (unpaired) electrons. The number of aromatic nitrogens is 1. The van der Waals surface area contributed by atoms with E-state index in [-0.39, 0.29) is 11.9 Å². The summed E-state index contributed by atoms with van der Waals surface area (Å²) in [6.07, 6.45) is 4.62. The van der Waals surface area contributed by atoms with E-state index in [2.05, 4.69) is 10.3 Å². The van der Waals surface area contributed by atoms with E-state index in [9.17, 15) is 4.39 Å². The number of halogens is 1. The van der Waals surface area contributed by atoms with Crippen molar-refractivity contribution in [2.45, 2.75) is 23.9 Å². The number of rotatable bonds is 3. The molecule has 0 fully saturated rings. The van der Waals surface area contributed by atoms with Crippen molar-refractivity contribution in [3.63, 3.8) is 0 Å². The second kappa shape index (κ2) is 5.72. The van der Waals surface area contributed by atoms with Gasteiger partial charge in [-0.3, -0.25) is 4.98 Å². The summed E-state index contributed by atoms with van der Waals surface area (Å²) in [5.41, 5.74) is 2.29. The van der Waals surface area contributed by atoms with Crippen LogP contribution in [0.4, 0.5) is 4.39 Å². The molecule has 1 aromatic heterocycles. The van der Waals surface area contributed by atoms with Crippen molar-refractivity contribution in [1.82, 2.24) is 10.3 Å². The largest absolute Gasteiger partial charge is 0.306 e. The molecule has 1 unspecified atom stereocenters. The van der Waals surface area contributed by atoms with Gasteiger partial charge in [0.1, 0.15) is 5.82 Å². The molecule has 0 spiro atoms. The Balaban J connectivity index is 1.75. The molecule has 2 nitrogen and oxygen atoms in total. The number of fused-ring (bicyclic) bond motifs is 1. The highest BCUT2D eigenvalue weighted by atomic mass is 32.2. The van der Waals surface area contributed by atoms with Gasteiger partial charge in [-0.15, -0.1) is 11.8 Å². The molecule has 1 atom stereocenters. The predicted molar refractivity (Wildman–Crippen MR) is 75.6 cm³/mol. The number of nitrogens with zero attached hydrogens (tertiary/aromatic N) is 1. The van der Waals surface area contributed by atoms with Crippen LogP contribution in [-0.2, 0) is 6.54 Å². The molecule has 3 rings (SSSR count). The van der Waals surface area contributed by atoms with E-state index in [0.29, 0.717) is 0 Å². The first-order chi connectivity index (χ1) is 9.33. The van der Waals surface area contributed by atoms with E-state index in [1.807, 2.05) is 18.2 Å². The molecule has 0 saturated heterocycles. The van der Waals surface area contributed by atoms with E-state index in [1.165, 1.54) is 16.5 Å². The lowest BCUT2D eigenvalue weighted by atomic mass is 10.0. The maximum absolute atomic E-state index is 13.4. The van der Waals surface area contributed by atoms with Crippen molar-refractivity contribution in [3.05, 3.63) is 59.7 Å². The van der Waals surface area contributed by atoms with Gasteiger partial charge in [-0.2, -0.15) is 0 Å². The molecule has 98 valence electrons. The van der Waals surface area contributed by atoms with Gasteiger partial charge in [0.15, 0.2) is 0 Å². The number of benzene rings is 1. The molecule has 2 heterocycles. The van der Waals surface area contributed by atoms with Crippen molar-refractivity contribution in [1.29, 1.82) is 0 Å². The van der Waals surface area contributed by atoms with Gasteiger partial charge in [0.2, 0.25) is 0 Å². The van der Waals surface area contributed by atoms with Crippen molar-refractivity contribution >= 4 is 11.8 Å². The lowest BCUT2D eigenvalue weighted by molar-refractivity contribution is 0.504. The maximum atomic E-state index is 13.4. The summed E-state index contributed by atoms with van der Waals surface area (Å²) in [5, 5.41) is 3.51. The third-order valence-electron chi connectivity index (χ3n) is 3.31. The van der Waals surface area contributed by atoms with Gasteiger partial charge >= 0.3 is 0 Å². The fourth-order valence-electron chi connectivity index (χ4n) is 2.32. The zero-order valence-corrected chi connectivity index (χ0v) is 11.3. The Kier molecular flexibility index (Phi) is 3.80.